The molecule has 18 nitrogen and oxygen atoms in total. The number of aliphatic imine (C=N–C) groups is 2. The van der Waals surface area contributed by atoms with Crippen LogP contribution in [-0.4, -0.2) is 88.9 Å². The van der Waals surface area contributed by atoms with E-state index in [-0.39, 0.29) is 63.5 Å². The van der Waals surface area contributed by atoms with Gasteiger partial charge in [0.2, 0.25) is 23.6 Å². The zero-order chi connectivity index (χ0) is 34.2. The summed E-state index contributed by atoms with van der Waals surface area (Å²) in [5, 5.41) is 18.0. The van der Waals surface area contributed by atoms with Gasteiger partial charge in [-0.25, -0.2) is 4.79 Å². The minimum Gasteiger partial charge on any atom is -0.480 e. The van der Waals surface area contributed by atoms with Crippen molar-refractivity contribution in [1.29, 1.82) is 0 Å². The first-order valence-corrected chi connectivity index (χ1v) is 14.6. The molecule has 1 heterocycles. The Hall–Kier alpha value is -5.39. The maximum absolute atomic E-state index is 13.7. The van der Waals surface area contributed by atoms with Crippen LogP contribution in [0.4, 0.5) is 0 Å². The van der Waals surface area contributed by atoms with Gasteiger partial charge in [0.15, 0.2) is 11.9 Å². The van der Waals surface area contributed by atoms with E-state index in [9.17, 15) is 29.1 Å². The summed E-state index contributed by atoms with van der Waals surface area (Å²) < 4.78 is 0. The van der Waals surface area contributed by atoms with E-state index < -0.39 is 53.8 Å². The molecule has 18 heteroatoms. The van der Waals surface area contributed by atoms with Gasteiger partial charge >= 0.3 is 5.97 Å². The number of carbonyl (C=O) groups is 5. The molecule has 0 aliphatic carbocycles. The number of aromatic amines is 1. The highest BCUT2D eigenvalue weighted by Gasteiger charge is 2.31. The standard InChI is InChI=1S/C28H44N12O6/c29-17(6-3-11-35-27(31)32)23(42)40-21(13-15-14-37-18-7-2-1-5-16(15)18)25(44)38-19(9-10-22(30)41)24(43)39-20(26(45)46)8-4-12-36-28(33)34/h1-2,5,7,14,17,19-21,37H,3-4,6,8-13,29H2,(H2,30,41)(H,38,44)(H,39,43)(H,40,42)(H,45,46)(H4,31,32,35)(H4,33,34,36). The van der Waals surface area contributed by atoms with Crippen LogP contribution in [0.2, 0.25) is 0 Å². The Bertz CT molecular complexity index is 1420. The molecular weight excluding hydrogens is 600 g/mol. The van der Waals surface area contributed by atoms with Crippen molar-refractivity contribution in [2.45, 2.75) is 69.1 Å². The number of carboxylic acids is 1. The van der Waals surface area contributed by atoms with Gasteiger partial charge in [0.1, 0.15) is 18.1 Å². The molecule has 0 saturated heterocycles. The lowest BCUT2D eigenvalue weighted by Gasteiger charge is -2.25. The molecule has 0 fully saturated rings. The van der Waals surface area contributed by atoms with Crippen molar-refractivity contribution < 1.29 is 29.1 Å². The second kappa shape index (κ2) is 18.4. The highest BCUT2D eigenvalue weighted by Crippen LogP contribution is 2.19. The molecular formula is C28H44N12O6. The van der Waals surface area contributed by atoms with Crippen molar-refractivity contribution in [2.75, 3.05) is 13.1 Å². The number of primary amides is 1. The number of aliphatic carboxylic acids is 1. The van der Waals surface area contributed by atoms with E-state index in [4.69, 9.17) is 34.4 Å². The van der Waals surface area contributed by atoms with Gasteiger partial charge in [0.05, 0.1) is 6.04 Å². The number of nitrogens with two attached hydrogens (primary N) is 6. The van der Waals surface area contributed by atoms with Crippen molar-refractivity contribution in [1.82, 2.24) is 20.9 Å². The summed E-state index contributed by atoms with van der Waals surface area (Å²) in [6, 6.07) is 2.42. The number of carbonyl (C=O) groups excluding carboxylic acids is 4. The number of hydrogen-bond acceptors (Lipinski definition) is 8. The van der Waals surface area contributed by atoms with Crippen LogP contribution in [0.1, 0.15) is 44.1 Å². The van der Waals surface area contributed by atoms with Gasteiger partial charge < -0.3 is 60.4 Å². The van der Waals surface area contributed by atoms with Crippen LogP contribution in [0.15, 0.2) is 40.4 Å². The summed E-state index contributed by atoms with van der Waals surface area (Å²) >= 11 is 0. The zero-order valence-corrected chi connectivity index (χ0v) is 25.4. The van der Waals surface area contributed by atoms with Crippen LogP contribution in [0.25, 0.3) is 10.9 Å². The minimum atomic E-state index is -1.37. The first-order chi connectivity index (χ1) is 21.8. The molecule has 0 aliphatic rings. The smallest absolute Gasteiger partial charge is 0.326 e. The van der Waals surface area contributed by atoms with Crippen LogP contribution in [0.5, 0.6) is 0 Å². The summed E-state index contributed by atoms with van der Waals surface area (Å²) in [7, 11) is 0. The first kappa shape index (κ1) is 36.8. The molecule has 4 unspecified atom stereocenters. The average molecular weight is 645 g/mol. The Morgan fingerprint density at radius 1 is 0.761 bits per heavy atom. The number of nitrogens with one attached hydrogen (secondary N) is 4. The first-order valence-electron chi connectivity index (χ1n) is 14.6. The fourth-order valence-corrected chi connectivity index (χ4v) is 4.52. The molecule has 0 radical (unpaired) electrons. The summed E-state index contributed by atoms with van der Waals surface area (Å²) in [6.07, 6.45) is 2.02. The van der Waals surface area contributed by atoms with Gasteiger partial charge in [-0.2, -0.15) is 0 Å². The van der Waals surface area contributed by atoms with Gasteiger partial charge in [-0.15, -0.1) is 0 Å². The molecule has 2 rings (SSSR count). The monoisotopic (exact) mass is 644 g/mol. The average Bonchev–Trinajstić information content (AvgIpc) is 3.40. The van der Waals surface area contributed by atoms with E-state index in [0.29, 0.717) is 12.0 Å². The van der Waals surface area contributed by atoms with Crippen LogP contribution in [0.3, 0.4) is 0 Å². The molecule has 4 atom stereocenters. The number of benzene rings is 1. The third-order valence-corrected chi connectivity index (χ3v) is 6.91. The van der Waals surface area contributed by atoms with E-state index in [1.807, 2.05) is 24.3 Å². The van der Waals surface area contributed by atoms with E-state index in [1.165, 1.54) is 0 Å². The van der Waals surface area contributed by atoms with Crippen molar-refractivity contribution in [3.63, 3.8) is 0 Å². The second-order valence-electron chi connectivity index (χ2n) is 10.6. The van der Waals surface area contributed by atoms with Crippen molar-refractivity contribution in [3.05, 3.63) is 36.0 Å². The fourth-order valence-electron chi connectivity index (χ4n) is 4.52. The van der Waals surface area contributed by atoms with Crippen molar-refractivity contribution >= 4 is 52.4 Å². The summed E-state index contributed by atoms with van der Waals surface area (Å²) in [5.74, 6) is -4.58. The number of hydrogen-bond donors (Lipinski definition) is 11. The predicted octanol–water partition coefficient (Wildman–Crippen LogP) is -3.05. The third kappa shape index (κ3) is 12.7. The number of para-hydroxylation sites is 1. The Kier molecular flexibility index (Phi) is 14.7. The number of guanidine groups is 2. The molecule has 0 aliphatic heterocycles. The molecule has 0 saturated carbocycles. The van der Waals surface area contributed by atoms with Crippen LogP contribution < -0.4 is 50.4 Å². The van der Waals surface area contributed by atoms with E-state index >= 15 is 0 Å². The number of H-pyrrole nitrogens is 1. The maximum Gasteiger partial charge on any atom is 0.326 e. The second-order valence-corrected chi connectivity index (χ2v) is 10.6. The molecule has 1 aromatic heterocycles. The lowest BCUT2D eigenvalue weighted by atomic mass is 10.0. The van der Waals surface area contributed by atoms with Crippen molar-refractivity contribution in [2.24, 2.45) is 44.4 Å². The number of nitrogens with zero attached hydrogens (tertiary/aromatic N) is 2. The highest BCUT2D eigenvalue weighted by atomic mass is 16.4. The molecule has 17 N–H and O–H groups in total. The van der Waals surface area contributed by atoms with Gasteiger partial charge in [-0.05, 0) is 43.7 Å². The Labute approximate surface area is 265 Å². The van der Waals surface area contributed by atoms with E-state index in [2.05, 4.69) is 30.9 Å². The van der Waals surface area contributed by atoms with Crippen LogP contribution >= 0.6 is 0 Å². The van der Waals surface area contributed by atoms with Crippen LogP contribution in [0, 0.1) is 0 Å². The summed E-state index contributed by atoms with van der Waals surface area (Å²) in [4.78, 5) is 74.1. The highest BCUT2D eigenvalue weighted by molar-refractivity contribution is 5.95. The quantitative estimate of drug-likeness (QED) is 0.0390. The Morgan fingerprint density at radius 3 is 1.93 bits per heavy atom. The number of rotatable bonds is 20. The number of amides is 4. The normalized spacial score (nSPS) is 13.4. The molecule has 252 valence electrons. The minimum absolute atomic E-state index is 0.00894. The molecule has 0 bridgehead atoms. The Balaban J connectivity index is 2.26. The third-order valence-electron chi connectivity index (χ3n) is 6.91. The molecule has 4 amide bonds. The number of fused-ring (bicyclic) bond motifs is 1. The van der Waals surface area contributed by atoms with E-state index in [0.717, 1.165) is 10.9 Å². The maximum atomic E-state index is 13.7. The van der Waals surface area contributed by atoms with Gasteiger partial charge in [0.25, 0.3) is 0 Å². The van der Waals surface area contributed by atoms with Gasteiger partial charge in [0, 0.05) is 43.0 Å². The topological polar surface area (TPSA) is 338 Å². The fraction of sp³-hybridized carbons (Fsp3) is 0.464. The summed E-state index contributed by atoms with van der Waals surface area (Å²) in [5.41, 5.74) is 34.1. The Morgan fingerprint density at radius 2 is 1.33 bits per heavy atom. The predicted molar refractivity (Wildman–Crippen MR) is 172 cm³/mol. The van der Waals surface area contributed by atoms with Crippen LogP contribution in [-0.2, 0) is 30.4 Å². The lowest BCUT2D eigenvalue weighted by Crippen LogP contribution is -2.57. The number of aromatic nitrogens is 1. The molecule has 0 spiro atoms. The molecule has 2 aromatic rings. The number of carboxylic acid groups (broad SMARTS) is 1. The van der Waals surface area contributed by atoms with E-state index in [1.54, 1.807) is 6.20 Å². The SMILES string of the molecule is NC(=O)CCC(NC(=O)C(Cc1c[nH]c2ccccc12)NC(=O)C(N)CCCN=C(N)N)C(=O)NC(CCCN=C(N)N)C(=O)O. The zero-order valence-electron chi connectivity index (χ0n) is 25.4. The largest absolute Gasteiger partial charge is 0.480 e. The van der Waals surface area contributed by atoms with Gasteiger partial charge in [-0.3, -0.25) is 29.2 Å². The lowest BCUT2D eigenvalue weighted by molar-refractivity contribution is -0.142. The molecule has 1 aromatic carbocycles. The van der Waals surface area contributed by atoms with Crippen molar-refractivity contribution in [3.8, 4) is 0 Å². The molecule has 46 heavy (non-hydrogen) atoms. The summed E-state index contributed by atoms with van der Waals surface area (Å²) in [6.45, 7) is 0.389. The van der Waals surface area contributed by atoms with Gasteiger partial charge in [-0.1, -0.05) is 18.2 Å².